The first-order chi connectivity index (χ1) is 9.74. The number of nitrogens with zero attached hydrogens (tertiary/aromatic N) is 2. The van der Waals surface area contributed by atoms with Crippen molar-refractivity contribution < 1.29 is 4.79 Å². The van der Waals surface area contributed by atoms with Crippen molar-refractivity contribution >= 4 is 6.03 Å². The molecule has 2 atom stereocenters. The summed E-state index contributed by atoms with van der Waals surface area (Å²) in [5, 5.41) is 3.62. The molecular weight excluding hydrogens is 250 g/mol. The number of carbonyl (C=O) groups is 1. The van der Waals surface area contributed by atoms with Crippen LogP contribution in [-0.4, -0.2) is 54.6 Å². The lowest BCUT2D eigenvalue weighted by molar-refractivity contribution is 0.108. The molecule has 0 spiro atoms. The van der Waals surface area contributed by atoms with Crippen LogP contribution in [0.2, 0.25) is 0 Å². The van der Waals surface area contributed by atoms with Gasteiger partial charge < -0.3 is 15.1 Å². The minimum Gasteiger partial charge on any atom is -0.325 e. The van der Waals surface area contributed by atoms with Gasteiger partial charge in [-0.3, -0.25) is 0 Å². The Morgan fingerprint density at radius 1 is 1.00 bits per heavy atom. The molecular formula is C16H29N3O. The summed E-state index contributed by atoms with van der Waals surface area (Å²) in [5.74, 6) is 1.47. The summed E-state index contributed by atoms with van der Waals surface area (Å²) >= 11 is 0. The Bertz CT molecular complexity index is 333. The number of hydrogen-bond acceptors (Lipinski definition) is 2. The van der Waals surface area contributed by atoms with E-state index in [2.05, 4.69) is 22.0 Å². The molecule has 0 aromatic heterocycles. The van der Waals surface area contributed by atoms with Gasteiger partial charge in [-0.05, 0) is 56.9 Å². The average molecular weight is 279 g/mol. The van der Waals surface area contributed by atoms with Crippen LogP contribution in [0.25, 0.3) is 0 Å². The third kappa shape index (κ3) is 3.11. The highest BCUT2D eigenvalue weighted by molar-refractivity contribution is 5.74. The van der Waals surface area contributed by atoms with E-state index >= 15 is 0 Å². The van der Waals surface area contributed by atoms with Gasteiger partial charge >= 0.3 is 6.03 Å². The molecule has 4 nitrogen and oxygen atoms in total. The second kappa shape index (κ2) is 6.33. The first-order valence-corrected chi connectivity index (χ1v) is 8.51. The van der Waals surface area contributed by atoms with Crippen molar-refractivity contribution in [2.24, 2.45) is 11.8 Å². The van der Waals surface area contributed by atoms with Gasteiger partial charge in [-0.2, -0.15) is 0 Å². The molecule has 2 amide bonds. The van der Waals surface area contributed by atoms with Gasteiger partial charge in [0.1, 0.15) is 0 Å². The molecule has 20 heavy (non-hydrogen) atoms. The second-order valence-corrected chi connectivity index (χ2v) is 7.00. The van der Waals surface area contributed by atoms with Crippen LogP contribution in [-0.2, 0) is 0 Å². The molecule has 3 aliphatic rings. The molecule has 0 bridgehead atoms. The summed E-state index contributed by atoms with van der Waals surface area (Å²) < 4.78 is 0. The van der Waals surface area contributed by atoms with Crippen LogP contribution in [0.3, 0.4) is 0 Å². The molecule has 0 radical (unpaired) electrons. The Morgan fingerprint density at radius 3 is 2.50 bits per heavy atom. The van der Waals surface area contributed by atoms with Gasteiger partial charge in [-0.15, -0.1) is 0 Å². The lowest BCUT2D eigenvalue weighted by atomic mass is 9.90. The van der Waals surface area contributed by atoms with E-state index in [0.29, 0.717) is 18.0 Å². The highest BCUT2D eigenvalue weighted by atomic mass is 16.2. The number of carbonyl (C=O) groups excluding carboxylic acids is 1. The molecule has 114 valence electrons. The van der Waals surface area contributed by atoms with Gasteiger partial charge in [0.15, 0.2) is 0 Å². The quantitative estimate of drug-likeness (QED) is 0.799. The summed E-state index contributed by atoms with van der Waals surface area (Å²) in [6, 6.07) is 0.964. The molecule has 0 aromatic rings. The van der Waals surface area contributed by atoms with Crippen LogP contribution < -0.4 is 5.32 Å². The minimum atomic E-state index is 0.305. The smallest absolute Gasteiger partial charge is 0.320 e. The molecule has 3 heterocycles. The first-order valence-electron chi connectivity index (χ1n) is 8.51. The molecule has 2 unspecified atom stereocenters. The maximum absolute atomic E-state index is 12.7. The van der Waals surface area contributed by atoms with Crippen LogP contribution in [0.1, 0.15) is 45.4 Å². The Labute approximate surface area is 122 Å². The monoisotopic (exact) mass is 279 g/mol. The predicted molar refractivity (Wildman–Crippen MR) is 80.7 cm³/mol. The molecule has 4 heteroatoms. The van der Waals surface area contributed by atoms with E-state index in [1.165, 1.54) is 45.1 Å². The number of likely N-dealkylation sites (tertiary alicyclic amines) is 2. The van der Waals surface area contributed by atoms with E-state index < -0.39 is 0 Å². The zero-order chi connectivity index (χ0) is 13.9. The number of urea groups is 1. The van der Waals surface area contributed by atoms with Crippen LogP contribution in [0.15, 0.2) is 0 Å². The number of hydrogen-bond donors (Lipinski definition) is 1. The second-order valence-electron chi connectivity index (χ2n) is 7.00. The fourth-order valence-electron chi connectivity index (χ4n) is 4.03. The fraction of sp³-hybridized carbons (Fsp3) is 0.938. The molecule has 3 aliphatic heterocycles. The van der Waals surface area contributed by atoms with Gasteiger partial charge in [-0.1, -0.05) is 6.92 Å². The van der Waals surface area contributed by atoms with Crippen molar-refractivity contribution in [1.29, 1.82) is 0 Å². The van der Waals surface area contributed by atoms with Crippen molar-refractivity contribution in [2.45, 2.75) is 51.5 Å². The van der Waals surface area contributed by atoms with E-state index in [1.807, 2.05) is 0 Å². The van der Waals surface area contributed by atoms with Crippen molar-refractivity contribution in [2.75, 3.05) is 32.7 Å². The molecule has 3 saturated heterocycles. The van der Waals surface area contributed by atoms with Crippen LogP contribution in [0, 0.1) is 11.8 Å². The third-order valence-corrected chi connectivity index (χ3v) is 5.45. The number of rotatable bonds is 1. The van der Waals surface area contributed by atoms with E-state index in [1.54, 1.807) is 0 Å². The van der Waals surface area contributed by atoms with Gasteiger partial charge in [0.25, 0.3) is 0 Å². The standard InChI is InChI=1S/C16H29N3O/c1-13-6-10-18(11-7-13)16(20)19-9-3-4-14(12-19)15-5-2-8-17-15/h13-15,17H,2-12H2,1H3. The number of amides is 2. The average Bonchev–Trinajstić information content (AvgIpc) is 3.02. The zero-order valence-electron chi connectivity index (χ0n) is 12.8. The summed E-state index contributed by atoms with van der Waals surface area (Å²) in [4.78, 5) is 16.9. The molecule has 1 N–H and O–H groups in total. The summed E-state index contributed by atoms with van der Waals surface area (Å²) in [6.07, 6.45) is 7.42. The molecule has 0 aliphatic carbocycles. The van der Waals surface area contributed by atoms with Crippen molar-refractivity contribution in [3.8, 4) is 0 Å². The number of piperidine rings is 2. The fourth-order valence-corrected chi connectivity index (χ4v) is 4.03. The molecule has 0 aromatic carbocycles. The van der Waals surface area contributed by atoms with Gasteiger partial charge in [0, 0.05) is 32.2 Å². The molecule has 3 fully saturated rings. The minimum absolute atomic E-state index is 0.305. The number of nitrogens with one attached hydrogen (secondary N) is 1. The summed E-state index contributed by atoms with van der Waals surface area (Å²) in [6.45, 7) is 7.33. The maximum atomic E-state index is 12.7. The predicted octanol–water partition coefficient (Wildman–Crippen LogP) is 2.30. The SMILES string of the molecule is CC1CCN(C(=O)N2CCCC(C3CCCN3)C2)CC1. The van der Waals surface area contributed by atoms with Crippen LogP contribution >= 0.6 is 0 Å². The topological polar surface area (TPSA) is 35.6 Å². The third-order valence-electron chi connectivity index (χ3n) is 5.45. The largest absolute Gasteiger partial charge is 0.325 e. The van der Waals surface area contributed by atoms with Crippen LogP contribution in [0.5, 0.6) is 0 Å². The Morgan fingerprint density at radius 2 is 1.80 bits per heavy atom. The summed E-state index contributed by atoms with van der Waals surface area (Å²) in [7, 11) is 0. The van der Waals surface area contributed by atoms with E-state index in [0.717, 1.165) is 32.1 Å². The Hall–Kier alpha value is -0.770. The lowest BCUT2D eigenvalue weighted by Gasteiger charge is -2.40. The lowest BCUT2D eigenvalue weighted by Crippen LogP contribution is -2.52. The van der Waals surface area contributed by atoms with Gasteiger partial charge in [0.05, 0.1) is 0 Å². The van der Waals surface area contributed by atoms with E-state index in [-0.39, 0.29) is 0 Å². The van der Waals surface area contributed by atoms with Crippen molar-refractivity contribution in [3.63, 3.8) is 0 Å². The Balaban J connectivity index is 1.54. The van der Waals surface area contributed by atoms with Gasteiger partial charge in [0.2, 0.25) is 0 Å². The first kappa shape index (κ1) is 14.2. The van der Waals surface area contributed by atoms with Gasteiger partial charge in [-0.25, -0.2) is 4.79 Å². The summed E-state index contributed by atoms with van der Waals surface area (Å²) in [5.41, 5.74) is 0. The van der Waals surface area contributed by atoms with E-state index in [4.69, 9.17) is 0 Å². The highest BCUT2D eigenvalue weighted by Gasteiger charge is 2.33. The van der Waals surface area contributed by atoms with Crippen molar-refractivity contribution in [3.05, 3.63) is 0 Å². The van der Waals surface area contributed by atoms with E-state index in [9.17, 15) is 4.79 Å². The Kier molecular flexibility index (Phi) is 4.49. The molecule has 3 rings (SSSR count). The maximum Gasteiger partial charge on any atom is 0.320 e. The van der Waals surface area contributed by atoms with Crippen LogP contribution in [0.4, 0.5) is 4.79 Å². The molecule has 0 saturated carbocycles. The van der Waals surface area contributed by atoms with Crippen molar-refractivity contribution in [1.82, 2.24) is 15.1 Å². The normalized spacial score (nSPS) is 32.6. The zero-order valence-corrected chi connectivity index (χ0v) is 12.8. The highest BCUT2D eigenvalue weighted by Crippen LogP contribution is 2.26.